The lowest BCUT2D eigenvalue weighted by Gasteiger charge is -2.32. The maximum absolute atomic E-state index is 12.3. The topological polar surface area (TPSA) is 90.5 Å². The van der Waals surface area contributed by atoms with E-state index in [4.69, 9.17) is 0 Å². The molecule has 1 aromatic carbocycles. The van der Waals surface area contributed by atoms with Gasteiger partial charge in [-0.2, -0.15) is 0 Å². The van der Waals surface area contributed by atoms with Crippen LogP contribution >= 0.6 is 0 Å². The molecule has 2 amide bonds. The number of nitrogens with zero attached hydrogens (tertiary/aromatic N) is 4. The summed E-state index contributed by atoms with van der Waals surface area (Å²) in [4.78, 5) is 37.9. The molecule has 2 N–H and O–H groups in total. The highest BCUT2D eigenvalue weighted by molar-refractivity contribution is 5.99. The van der Waals surface area contributed by atoms with Gasteiger partial charge in [0.1, 0.15) is 0 Å². The largest absolute Gasteiger partial charge is 0.343 e. The molecule has 2 heterocycles. The highest BCUT2D eigenvalue weighted by atomic mass is 16.2. The lowest BCUT2D eigenvalue weighted by Crippen LogP contribution is -2.45. The number of carbonyl (C=O) groups excluding carboxylic acids is 2. The van der Waals surface area contributed by atoms with E-state index in [1.54, 1.807) is 24.3 Å². The summed E-state index contributed by atoms with van der Waals surface area (Å²) >= 11 is 0. The molecule has 0 atom stereocenters. The van der Waals surface area contributed by atoms with Crippen LogP contribution in [-0.4, -0.2) is 66.5 Å². The Morgan fingerprint density at radius 3 is 2.21 bits per heavy atom. The summed E-state index contributed by atoms with van der Waals surface area (Å²) in [6.45, 7) is 7.30. The Kier molecular flexibility index (Phi) is 6.20. The monoisotopic (exact) mass is 382 g/mol. The predicted molar refractivity (Wildman–Crippen MR) is 109 cm³/mol. The van der Waals surface area contributed by atoms with Crippen LogP contribution in [-0.2, 0) is 4.79 Å². The maximum atomic E-state index is 12.3. The molecule has 1 fully saturated rings. The molecule has 1 aromatic heterocycles. The number of amides is 2. The fourth-order valence-electron chi connectivity index (χ4n) is 3.06. The second kappa shape index (κ2) is 8.79. The first-order valence-corrected chi connectivity index (χ1v) is 9.36. The molecular weight excluding hydrogens is 356 g/mol. The van der Waals surface area contributed by atoms with Crippen LogP contribution in [0.2, 0.25) is 0 Å². The first-order valence-electron chi connectivity index (χ1n) is 9.36. The highest BCUT2D eigenvalue weighted by Gasteiger charge is 2.19. The molecule has 0 spiro atoms. The number of hydrogen-bond acceptors (Lipinski definition) is 6. The highest BCUT2D eigenvalue weighted by Crippen LogP contribution is 2.21. The fraction of sp³-hybridized carbons (Fsp3) is 0.400. The molecule has 1 aliphatic rings. The van der Waals surface area contributed by atoms with Crippen LogP contribution < -0.4 is 15.5 Å². The minimum absolute atomic E-state index is 0.118. The second-order valence-electron chi connectivity index (χ2n) is 6.96. The van der Waals surface area contributed by atoms with Crippen molar-refractivity contribution in [3.05, 3.63) is 47.3 Å². The molecule has 8 nitrogen and oxygen atoms in total. The van der Waals surface area contributed by atoms with Crippen molar-refractivity contribution in [1.29, 1.82) is 0 Å². The van der Waals surface area contributed by atoms with E-state index in [9.17, 15) is 9.59 Å². The summed E-state index contributed by atoms with van der Waals surface area (Å²) in [5, 5.41) is 5.44. The van der Waals surface area contributed by atoms with Gasteiger partial charge < -0.3 is 20.4 Å². The van der Waals surface area contributed by atoms with Crippen molar-refractivity contribution in [1.82, 2.24) is 20.2 Å². The van der Waals surface area contributed by atoms with E-state index in [0.717, 1.165) is 26.2 Å². The number of hydrogen-bond donors (Lipinski definition) is 2. The Morgan fingerprint density at radius 1 is 1.00 bits per heavy atom. The second-order valence-corrected chi connectivity index (χ2v) is 6.96. The summed E-state index contributed by atoms with van der Waals surface area (Å²) in [6.07, 6.45) is 0. The molecule has 2 aromatic rings. The number of rotatable bonds is 5. The van der Waals surface area contributed by atoms with Crippen molar-refractivity contribution in [2.24, 2.45) is 0 Å². The van der Waals surface area contributed by atoms with Gasteiger partial charge in [0.15, 0.2) is 0 Å². The first-order chi connectivity index (χ1) is 13.4. The zero-order chi connectivity index (χ0) is 20.1. The smallest absolute Gasteiger partial charge is 0.251 e. The van der Waals surface area contributed by atoms with Gasteiger partial charge in [-0.3, -0.25) is 9.59 Å². The zero-order valence-corrected chi connectivity index (χ0v) is 16.5. The summed E-state index contributed by atoms with van der Waals surface area (Å²) < 4.78 is 0. The van der Waals surface area contributed by atoms with Gasteiger partial charge in [-0.25, -0.2) is 9.97 Å². The normalized spacial score (nSPS) is 14.6. The summed E-state index contributed by atoms with van der Waals surface area (Å²) in [5.41, 5.74) is 2.53. The van der Waals surface area contributed by atoms with E-state index in [1.807, 2.05) is 19.9 Å². The van der Waals surface area contributed by atoms with E-state index < -0.39 is 0 Å². The first kappa shape index (κ1) is 19.8. The Labute approximate surface area is 165 Å². The van der Waals surface area contributed by atoms with Gasteiger partial charge >= 0.3 is 0 Å². The molecule has 148 valence electrons. The Balaban J connectivity index is 1.60. The predicted octanol–water partition coefficient (Wildman–Crippen LogP) is 1.21. The van der Waals surface area contributed by atoms with Crippen LogP contribution in [0, 0.1) is 13.8 Å². The third-order valence-electron chi connectivity index (χ3n) is 4.76. The molecule has 1 aliphatic heterocycles. The van der Waals surface area contributed by atoms with Gasteiger partial charge in [-0.1, -0.05) is 18.2 Å². The molecule has 3 rings (SSSR count). The van der Waals surface area contributed by atoms with Gasteiger partial charge in [0, 0.05) is 31.7 Å². The standard InChI is InChI=1S/C20H26N6O2/c1-14-18(15(2)23-20(22-14)26-11-9-25(3)10-12-26)24-17(27)13-21-19(28)16-7-5-4-6-8-16/h4-8H,9-13H2,1-3H3,(H,21,28)(H,24,27). The molecular formula is C20H26N6O2. The summed E-state index contributed by atoms with van der Waals surface area (Å²) in [6, 6.07) is 8.79. The minimum Gasteiger partial charge on any atom is -0.343 e. The molecule has 1 saturated heterocycles. The van der Waals surface area contributed by atoms with Gasteiger partial charge in [0.25, 0.3) is 5.91 Å². The quantitative estimate of drug-likeness (QED) is 0.808. The molecule has 0 bridgehead atoms. The van der Waals surface area contributed by atoms with E-state index in [1.165, 1.54) is 0 Å². The average Bonchev–Trinajstić information content (AvgIpc) is 2.70. The number of aromatic nitrogens is 2. The van der Waals surface area contributed by atoms with Crippen molar-refractivity contribution in [3.8, 4) is 0 Å². The number of aryl methyl sites for hydroxylation is 2. The van der Waals surface area contributed by atoms with Crippen LogP contribution in [0.5, 0.6) is 0 Å². The van der Waals surface area contributed by atoms with Crippen molar-refractivity contribution < 1.29 is 9.59 Å². The van der Waals surface area contributed by atoms with Crippen molar-refractivity contribution in [2.45, 2.75) is 13.8 Å². The Morgan fingerprint density at radius 2 is 1.61 bits per heavy atom. The van der Waals surface area contributed by atoms with Crippen LogP contribution in [0.15, 0.2) is 30.3 Å². The van der Waals surface area contributed by atoms with Crippen molar-refractivity contribution >= 4 is 23.5 Å². The van der Waals surface area contributed by atoms with E-state index >= 15 is 0 Å². The average molecular weight is 382 g/mol. The van der Waals surface area contributed by atoms with Crippen LogP contribution in [0.25, 0.3) is 0 Å². The number of likely N-dealkylation sites (N-methyl/N-ethyl adjacent to an activating group) is 1. The van der Waals surface area contributed by atoms with Crippen LogP contribution in [0.4, 0.5) is 11.6 Å². The Bertz CT molecular complexity index is 824. The van der Waals surface area contributed by atoms with Crippen LogP contribution in [0.3, 0.4) is 0 Å². The molecule has 0 aliphatic carbocycles. The van der Waals surface area contributed by atoms with Crippen molar-refractivity contribution in [2.75, 3.05) is 50.0 Å². The number of piperazine rings is 1. The van der Waals surface area contributed by atoms with Gasteiger partial charge in [-0.05, 0) is 33.0 Å². The Hall–Kier alpha value is -3.00. The van der Waals surface area contributed by atoms with E-state index in [-0.39, 0.29) is 18.4 Å². The number of anilines is 2. The molecule has 28 heavy (non-hydrogen) atoms. The van der Waals surface area contributed by atoms with Crippen molar-refractivity contribution in [3.63, 3.8) is 0 Å². The van der Waals surface area contributed by atoms with Gasteiger partial charge in [-0.15, -0.1) is 0 Å². The van der Waals surface area contributed by atoms with E-state index in [0.29, 0.717) is 28.6 Å². The fourth-order valence-corrected chi connectivity index (χ4v) is 3.06. The molecule has 8 heteroatoms. The summed E-state index contributed by atoms with van der Waals surface area (Å²) in [5.74, 6) is 0.0933. The van der Waals surface area contributed by atoms with E-state index in [2.05, 4.69) is 37.4 Å². The van der Waals surface area contributed by atoms with Gasteiger partial charge in [0.05, 0.1) is 23.6 Å². The molecule has 0 unspecified atom stereocenters. The summed E-state index contributed by atoms with van der Waals surface area (Å²) in [7, 11) is 2.10. The number of carbonyl (C=O) groups is 2. The lowest BCUT2D eigenvalue weighted by molar-refractivity contribution is -0.115. The third-order valence-corrected chi connectivity index (χ3v) is 4.76. The molecule has 0 radical (unpaired) electrons. The third kappa shape index (κ3) is 4.83. The minimum atomic E-state index is -0.313. The lowest BCUT2D eigenvalue weighted by atomic mass is 10.2. The van der Waals surface area contributed by atoms with Crippen LogP contribution in [0.1, 0.15) is 21.7 Å². The molecule has 0 saturated carbocycles. The maximum Gasteiger partial charge on any atom is 0.251 e. The zero-order valence-electron chi connectivity index (χ0n) is 16.5. The van der Waals surface area contributed by atoms with Gasteiger partial charge in [0.2, 0.25) is 11.9 Å². The number of nitrogens with one attached hydrogen (secondary N) is 2. The SMILES string of the molecule is Cc1nc(N2CCN(C)CC2)nc(C)c1NC(=O)CNC(=O)c1ccccc1. The number of benzene rings is 1.